The molecule has 0 saturated carbocycles. The fourth-order valence-corrected chi connectivity index (χ4v) is 3.06. The van der Waals surface area contributed by atoms with Crippen LogP contribution in [0.25, 0.3) is 0 Å². The van der Waals surface area contributed by atoms with Crippen molar-refractivity contribution in [2.45, 2.75) is 13.5 Å². The minimum atomic E-state index is -1.05. The van der Waals surface area contributed by atoms with Gasteiger partial charge >= 0.3 is 6.09 Å². The van der Waals surface area contributed by atoms with Gasteiger partial charge in [0.05, 0.1) is 0 Å². The van der Waals surface area contributed by atoms with E-state index in [1.807, 2.05) is 0 Å². The molecule has 1 heterocycles. The molecule has 0 spiro atoms. The molecule has 1 aromatic heterocycles. The highest BCUT2D eigenvalue weighted by Crippen LogP contribution is 2.31. The lowest BCUT2D eigenvalue weighted by Crippen LogP contribution is -2.20. The van der Waals surface area contributed by atoms with Gasteiger partial charge in [-0.3, -0.25) is 10.1 Å². The van der Waals surface area contributed by atoms with Gasteiger partial charge in [-0.1, -0.05) is 30.3 Å². The van der Waals surface area contributed by atoms with Crippen LogP contribution in [0.4, 0.5) is 18.6 Å². The average molecular weight is 419 g/mol. The number of hydrogen-bond acceptors (Lipinski definition) is 6. The number of hydrogen-bond donors (Lipinski definition) is 2. The molecular formula is C19H15F2N3O4S. The number of para-hydroxylation sites is 1. The van der Waals surface area contributed by atoms with Crippen molar-refractivity contribution in [2.24, 2.45) is 5.73 Å². The standard InChI is InChI=1S/C19H15F2N3O4S/c1-10-7-8-11(15(21)14(10)20)9-27-17-13(16(22)25)18(29-24-17)23-19(26)28-12-5-3-2-4-6-12/h2-8H,9H2,1H3,(H2,22,25)(H,23,26). The molecule has 0 atom stereocenters. The van der Waals surface area contributed by atoms with E-state index in [1.54, 1.807) is 30.3 Å². The van der Waals surface area contributed by atoms with E-state index in [9.17, 15) is 18.4 Å². The zero-order chi connectivity index (χ0) is 21.0. The highest BCUT2D eigenvalue weighted by Gasteiger charge is 2.23. The summed E-state index contributed by atoms with van der Waals surface area (Å²) in [6, 6.07) is 11.0. The highest BCUT2D eigenvalue weighted by atomic mass is 32.1. The van der Waals surface area contributed by atoms with Crippen LogP contribution in [0.15, 0.2) is 42.5 Å². The van der Waals surface area contributed by atoms with E-state index >= 15 is 0 Å². The minimum Gasteiger partial charge on any atom is -0.471 e. The summed E-state index contributed by atoms with van der Waals surface area (Å²) in [5.41, 5.74) is 5.24. The number of halogens is 2. The zero-order valence-corrected chi connectivity index (χ0v) is 15.9. The molecule has 0 bridgehead atoms. The molecule has 10 heteroatoms. The number of benzene rings is 2. The molecule has 2 aromatic carbocycles. The lowest BCUT2D eigenvalue weighted by molar-refractivity contribution is 0.0996. The molecule has 29 heavy (non-hydrogen) atoms. The quantitative estimate of drug-likeness (QED) is 0.628. The topological polar surface area (TPSA) is 104 Å². The largest absolute Gasteiger partial charge is 0.471 e. The molecule has 0 unspecified atom stereocenters. The van der Waals surface area contributed by atoms with E-state index in [4.69, 9.17) is 15.2 Å². The molecule has 2 amide bonds. The summed E-state index contributed by atoms with van der Waals surface area (Å²) >= 11 is 0.733. The summed E-state index contributed by atoms with van der Waals surface area (Å²) in [7, 11) is 0. The molecule has 0 saturated heterocycles. The molecule has 0 aliphatic carbocycles. The van der Waals surface area contributed by atoms with Crippen molar-refractivity contribution in [3.8, 4) is 11.6 Å². The predicted molar refractivity (Wildman–Crippen MR) is 102 cm³/mol. The molecule has 3 rings (SSSR count). The van der Waals surface area contributed by atoms with Gasteiger partial charge in [0, 0.05) is 5.56 Å². The number of carbonyl (C=O) groups excluding carboxylic acids is 2. The van der Waals surface area contributed by atoms with Crippen molar-refractivity contribution < 1.29 is 27.8 Å². The van der Waals surface area contributed by atoms with E-state index in [0.29, 0.717) is 5.75 Å². The Morgan fingerprint density at radius 2 is 1.86 bits per heavy atom. The maximum absolute atomic E-state index is 14.0. The lowest BCUT2D eigenvalue weighted by Gasteiger charge is -2.08. The fourth-order valence-electron chi connectivity index (χ4n) is 2.33. The van der Waals surface area contributed by atoms with Crippen LogP contribution in [0.3, 0.4) is 0 Å². The molecule has 0 fully saturated rings. The average Bonchev–Trinajstić information content (AvgIpc) is 3.09. The second kappa shape index (κ2) is 8.65. The summed E-state index contributed by atoms with van der Waals surface area (Å²) in [5.74, 6) is -2.86. The first-order valence-corrected chi connectivity index (χ1v) is 9.03. The van der Waals surface area contributed by atoms with E-state index < -0.39 is 23.6 Å². The normalized spacial score (nSPS) is 10.4. The third-order valence-corrected chi connectivity index (χ3v) is 4.54. The highest BCUT2D eigenvalue weighted by molar-refractivity contribution is 7.11. The number of carbonyl (C=O) groups is 2. The van der Waals surface area contributed by atoms with Gasteiger partial charge in [-0.15, -0.1) is 0 Å². The molecule has 7 nitrogen and oxygen atoms in total. The number of ether oxygens (including phenoxy) is 2. The van der Waals surface area contributed by atoms with Gasteiger partial charge in [0.2, 0.25) is 5.88 Å². The van der Waals surface area contributed by atoms with Gasteiger partial charge in [-0.25, -0.2) is 13.6 Å². The number of rotatable bonds is 6. The van der Waals surface area contributed by atoms with Gasteiger partial charge in [-0.05, 0) is 36.2 Å². The molecule has 3 aromatic rings. The first-order chi connectivity index (χ1) is 13.9. The third-order valence-electron chi connectivity index (χ3n) is 3.80. The Hall–Kier alpha value is -3.53. The van der Waals surface area contributed by atoms with Crippen LogP contribution < -0.4 is 20.5 Å². The van der Waals surface area contributed by atoms with Gasteiger partial charge in [0.1, 0.15) is 22.9 Å². The van der Waals surface area contributed by atoms with Crippen LogP contribution >= 0.6 is 11.5 Å². The lowest BCUT2D eigenvalue weighted by atomic mass is 10.1. The Kier molecular flexibility index (Phi) is 6.03. The van der Waals surface area contributed by atoms with E-state index in [0.717, 1.165) is 11.5 Å². The van der Waals surface area contributed by atoms with Crippen LogP contribution in [-0.4, -0.2) is 16.4 Å². The Balaban J connectivity index is 1.74. The Morgan fingerprint density at radius 1 is 1.14 bits per heavy atom. The second-order valence-electron chi connectivity index (χ2n) is 5.84. The monoisotopic (exact) mass is 419 g/mol. The maximum Gasteiger partial charge on any atom is 0.417 e. The van der Waals surface area contributed by atoms with Gasteiger partial charge in [0.25, 0.3) is 5.91 Å². The smallest absolute Gasteiger partial charge is 0.417 e. The Labute approximate surface area is 168 Å². The molecule has 0 aliphatic heterocycles. The number of primary amides is 1. The molecule has 0 radical (unpaired) electrons. The third kappa shape index (κ3) is 4.66. The fraction of sp³-hybridized carbons (Fsp3) is 0.105. The molecular weight excluding hydrogens is 404 g/mol. The van der Waals surface area contributed by atoms with Gasteiger partial charge in [-0.2, -0.15) is 4.37 Å². The number of aromatic nitrogens is 1. The van der Waals surface area contributed by atoms with Crippen molar-refractivity contribution in [3.05, 3.63) is 70.8 Å². The Morgan fingerprint density at radius 3 is 2.55 bits per heavy atom. The second-order valence-corrected chi connectivity index (χ2v) is 6.62. The SMILES string of the molecule is Cc1ccc(COc2nsc(NC(=O)Oc3ccccc3)c2C(N)=O)c(F)c1F. The predicted octanol–water partition coefficient (Wildman–Crippen LogP) is 4.02. The van der Waals surface area contributed by atoms with Crippen LogP contribution in [0.2, 0.25) is 0 Å². The van der Waals surface area contributed by atoms with Crippen molar-refractivity contribution in [2.75, 3.05) is 5.32 Å². The zero-order valence-electron chi connectivity index (χ0n) is 15.1. The number of nitrogens with two attached hydrogens (primary N) is 1. The summed E-state index contributed by atoms with van der Waals surface area (Å²) < 4.78 is 42.0. The van der Waals surface area contributed by atoms with E-state index in [1.165, 1.54) is 19.1 Å². The summed E-state index contributed by atoms with van der Waals surface area (Å²) in [6.07, 6.45) is -0.861. The van der Waals surface area contributed by atoms with Crippen molar-refractivity contribution in [1.29, 1.82) is 0 Å². The van der Waals surface area contributed by atoms with Crippen molar-refractivity contribution >= 4 is 28.5 Å². The van der Waals surface area contributed by atoms with Crippen molar-refractivity contribution in [3.63, 3.8) is 0 Å². The molecule has 0 aliphatic rings. The number of amides is 2. The van der Waals surface area contributed by atoms with Crippen LogP contribution in [0, 0.1) is 18.6 Å². The Bertz CT molecular complexity index is 1060. The first-order valence-electron chi connectivity index (χ1n) is 8.26. The molecule has 3 N–H and O–H groups in total. The number of anilines is 1. The number of nitrogens with zero attached hydrogens (tertiary/aromatic N) is 1. The van der Waals surface area contributed by atoms with E-state index in [-0.39, 0.29) is 34.2 Å². The van der Waals surface area contributed by atoms with Crippen molar-refractivity contribution in [1.82, 2.24) is 4.37 Å². The van der Waals surface area contributed by atoms with Crippen LogP contribution in [0.1, 0.15) is 21.5 Å². The van der Waals surface area contributed by atoms with Gasteiger partial charge < -0.3 is 15.2 Å². The van der Waals surface area contributed by atoms with Gasteiger partial charge in [0.15, 0.2) is 11.6 Å². The summed E-state index contributed by atoms with van der Waals surface area (Å²) in [5, 5.41) is 2.37. The number of nitrogens with one attached hydrogen (secondary N) is 1. The first kappa shape index (κ1) is 20.2. The summed E-state index contributed by atoms with van der Waals surface area (Å²) in [6.45, 7) is 1.04. The number of aryl methyl sites for hydroxylation is 1. The maximum atomic E-state index is 14.0. The van der Waals surface area contributed by atoms with Crippen LogP contribution in [0.5, 0.6) is 11.6 Å². The molecule has 150 valence electrons. The van der Waals surface area contributed by atoms with E-state index in [2.05, 4.69) is 9.69 Å². The minimum absolute atomic E-state index is 0.00369. The summed E-state index contributed by atoms with van der Waals surface area (Å²) in [4.78, 5) is 23.8. The van der Waals surface area contributed by atoms with Crippen LogP contribution in [-0.2, 0) is 6.61 Å².